The predicted octanol–water partition coefficient (Wildman–Crippen LogP) is 1.46. The number of guanidine groups is 1. The minimum Gasteiger partial charge on any atom is -0.355 e. The minimum atomic E-state index is -0.0476. The van der Waals surface area contributed by atoms with Crippen LogP contribution < -0.4 is 16.0 Å². The van der Waals surface area contributed by atoms with Crippen LogP contribution >= 0.6 is 0 Å². The molecule has 1 aliphatic rings. The number of nitrogens with zero attached hydrogens (tertiary/aromatic N) is 2. The quantitative estimate of drug-likeness (QED) is 0.398. The molecule has 1 amide bonds. The normalized spacial score (nSPS) is 16.5. The Morgan fingerprint density at radius 1 is 1.16 bits per heavy atom. The molecule has 1 fully saturated rings. The van der Waals surface area contributed by atoms with E-state index in [4.69, 9.17) is 0 Å². The Bertz CT molecular complexity index is 538. The first kappa shape index (κ1) is 19.2. The summed E-state index contributed by atoms with van der Waals surface area (Å²) in [7, 11) is 1.78. The van der Waals surface area contributed by atoms with Gasteiger partial charge in [-0.15, -0.1) is 0 Å². The summed E-state index contributed by atoms with van der Waals surface area (Å²) in [4.78, 5) is 18.8. The SMILES string of the molecule is CCCN1CCC(NC(=NC)NCCNC(=O)c2ccccc2)CC1. The van der Waals surface area contributed by atoms with Crippen molar-refractivity contribution in [3.63, 3.8) is 0 Å². The van der Waals surface area contributed by atoms with Crippen LogP contribution in [0.4, 0.5) is 0 Å². The molecule has 1 aromatic rings. The molecule has 25 heavy (non-hydrogen) atoms. The first-order chi connectivity index (χ1) is 12.2. The molecule has 1 aliphatic heterocycles. The summed E-state index contributed by atoms with van der Waals surface area (Å²) in [6.45, 7) is 6.93. The molecule has 3 N–H and O–H groups in total. The van der Waals surface area contributed by atoms with Crippen LogP contribution in [0.2, 0.25) is 0 Å². The molecule has 0 aromatic heterocycles. The third-order valence-corrected chi connectivity index (χ3v) is 4.43. The molecule has 0 atom stereocenters. The van der Waals surface area contributed by atoms with E-state index >= 15 is 0 Å². The molecule has 6 nitrogen and oxygen atoms in total. The lowest BCUT2D eigenvalue weighted by Gasteiger charge is -2.32. The van der Waals surface area contributed by atoms with Crippen LogP contribution in [0.5, 0.6) is 0 Å². The third-order valence-electron chi connectivity index (χ3n) is 4.43. The summed E-state index contributed by atoms with van der Waals surface area (Å²) >= 11 is 0. The van der Waals surface area contributed by atoms with E-state index in [2.05, 4.69) is 32.8 Å². The molecule has 0 aliphatic carbocycles. The lowest BCUT2D eigenvalue weighted by Crippen LogP contribution is -2.49. The predicted molar refractivity (Wildman–Crippen MR) is 103 cm³/mol. The van der Waals surface area contributed by atoms with Crippen LogP contribution in [-0.4, -0.2) is 62.6 Å². The highest BCUT2D eigenvalue weighted by atomic mass is 16.1. The first-order valence-corrected chi connectivity index (χ1v) is 9.25. The molecule has 1 aromatic carbocycles. The number of likely N-dealkylation sites (tertiary alicyclic amines) is 1. The molecule has 0 saturated carbocycles. The Morgan fingerprint density at radius 3 is 2.48 bits per heavy atom. The maximum atomic E-state index is 12.0. The average Bonchev–Trinajstić information content (AvgIpc) is 2.66. The molecule has 0 radical (unpaired) electrons. The van der Waals surface area contributed by atoms with Crippen LogP contribution in [0.3, 0.4) is 0 Å². The number of carbonyl (C=O) groups excluding carboxylic acids is 1. The molecule has 1 heterocycles. The second-order valence-corrected chi connectivity index (χ2v) is 6.38. The van der Waals surface area contributed by atoms with Gasteiger partial charge >= 0.3 is 0 Å². The highest BCUT2D eigenvalue weighted by Gasteiger charge is 2.19. The molecule has 0 unspecified atom stereocenters. The molecule has 0 spiro atoms. The van der Waals surface area contributed by atoms with Crippen molar-refractivity contribution in [2.24, 2.45) is 4.99 Å². The van der Waals surface area contributed by atoms with Gasteiger partial charge in [0.1, 0.15) is 0 Å². The number of hydrogen-bond donors (Lipinski definition) is 3. The zero-order chi connectivity index (χ0) is 17.9. The number of hydrogen-bond acceptors (Lipinski definition) is 3. The van der Waals surface area contributed by atoms with Crippen molar-refractivity contribution in [1.29, 1.82) is 0 Å². The van der Waals surface area contributed by atoms with Gasteiger partial charge in [-0.2, -0.15) is 0 Å². The fourth-order valence-electron chi connectivity index (χ4n) is 3.05. The largest absolute Gasteiger partial charge is 0.355 e. The lowest BCUT2D eigenvalue weighted by molar-refractivity contribution is 0.0954. The summed E-state index contributed by atoms with van der Waals surface area (Å²) < 4.78 is 0. The zero-order valence-corrected chi connectivity index (χ0v) is 15.4. The smallest absolute Gasteiger partial charge is 0.251 e. The second kappa shape index (κ2) is 10.7. The van der Waals surface area contributed by atoms with E-state index < -0.39 is 0 Å². The summed E-state index contributed by atoms with van der Waals surface area (Å²) in [5, 5.41) is 9.67. The molecule has 0 bridgehead atoms. The van der Waals surface area contributed by atoms with Crippen molar-refractivity contribution >= 4 is 11.9 Å². The van der Waals surface area contributed by atoms with Gasteiger partial charge in [-0.25, -0.2) is 0 Å². The Morgan fingerprint density at radius 2 is 1.84 bits per heavy atom. The van der Waals surface area contributed by atoms with Crippen LogP contribution in [0.15, 0.2) is 35.3 Å². The van der Waals surface area contributed by atoms with Crippen molar-refractivity contribution in [1.82, 2.24) is 20.9 Å². The van der Waals surface area contributed by atoms with Gasteiger partial charge in [0.15, 0.2) is 5.96 Å². The fourth-order valence-corrected chi connectivity index (χ4v) is 3.05. The van der Waals surface area contributed by atoms with E-state index in [-0.39, 0.29) is 5.91 Å². The Labute approximate surface area is 151 Å². The summed E-state index contributed by atoms with van der Waals surface area (Å²) in [6.07, 6.45) is 3.51. The first-order valence-electron chi connectivity index (χ1n) is 9.25. The average molecular weight is 345 g/mol. The van der Waals surface area contributed by atoms with Crippen LogP contribution in [0, 0.1) is 0 Å². The van der Waals surface area contributed by atoms with Crippen LogP contribution in [0.1, 0.15) is 36.5 Å². The monoisotopic (exact) mass is 345 g/mol. The van der Waals surface area contributed by atoms with Crippen molar-refractivity contribution in [2.45, 2.75) is 32.2 Å². The number of aliphatic imine (C=N–C) groups is 1. The van der Waals surface area contributed by atoms with Crippen molar-refractivity contribution in [3.8, 4) is 0 Å². The minimum absolute atomic E-state index is 0.0476. The van der Waals surface area contributed by atoms with E-state index in [0.29, 0.717) is 24.7 Å². The Kier molecular flexibility index (Phi) is 8.25. The second-order valence-electron chi connectivity index (χ2n) is 6.38. The van der Waals surface area contributed by atoms with Crippen molar-refractivity contribution < 1.29 is 4.79 Å². The van der Waals surface area contributed by atoms with Gasteiger partial charge in [0.2, 0.25) is 0 Å². The number of rotatable bonds is 7. The lowest BCUT2D eigenvalue weighted by atomic mass is 10.1. The molecule has 2 rings (SSSR count). The maximum absolute atomic E-state index is 12.0. The van der Waals surface area contributed by atoms with E-state index in [0.717, 1.165) is 31.9 Å². The van der Waals surface area contributed by atoms with Gasteiger partial charge in [0.25, 0.3) is 5.91 Å². The Balaban J connectivity index is 1.63. The van der Waals surface area contributed by atoms with Gasteiger partial charge in [-0.3, -0.25) is 9.79 Å². The van der Waals surface area contributed by atoms with E-state index in [1.54, 1.807) is 7.05 Å². The van der Waals surface area contributed by atoms with Crippen LogP contribution in [0.25, 0.3) is 0 Å². The summed E-state index contributed by atoms with van der Waals surface area (Å²) in [5.41, 5.74) is 0.684. The van der Waals surface area contributed by atoms with Crippen molar-refractivity contribution in [2.75, 3.05) is 39.8 Å². The molecule has 6 heteroatoms. The molecular weight excluding hydrogens is 314 g/mol. The number of nitrogens with one attached hydrogen (secondary N) is 3. The molecule has 138 valence electrons. The third kappa shape index (κ3) is 6.74. The zero-order valence-electron chi connectivity index (χ0n) is 15.4. The molecule has 1 saturated heterocycles. The number of piperidine rings is 1. The van der Waals surface area contributed by atoms with E-state index in [9.17, 15) is 4.79 Å². The van der Waals surface area contributed by atoms with Crippen LogP contribution in [-0.2, 0) is 0 Å². The molecular formula is C19H31N5O. The van der Waals surface area contributed by atoms with Crippen molar-refractivity contribution in [3.05, 3.63) is 35.9 Å². The topological polar surface area (TPSA) is 68.8 Å². The summed E-state index contributed by atoms with van der Waals surface area (Å²) in [5.74, 6) is 0.761. The Hall–Kier alpha value is -2.08. The summed E-state index contributed by atoms with van der Waals surface area (Å²) in [6, 6.07) is 9.73. The maximum Gasteiger partial charge on any atom is 0.251 e. The van der Waals surface area contributed by atoms with Gasteiger partial charge in [0.05, 0.1) is 0 Å². The number of amides is 1. The number of carbonyl (C=O) groups is 1. The van der Waals surface area contributed by atoms with E-state index in [1.165, 1.54) is 13.0 Å². The van der Waals surface area contributed by atoms with Gasteiger partial charge in [0, 0.05) is 44.8 Å². The number of benzene rings is 1. The van der Waals surface area contributed by atoms with Gasteiger partial charge < -0.3 is 20.9 Å². The van der Waals surface area contributed by atoms with E-state index in [1.807, 2.05) is 30.3 Å². The highest BCUT2D eigenvalue weighted by Crippen LogP contribution is 2.10. The standard InChI is InChI=1S/C19H31N5O/c1-3-13-24-14-9-17(10-15-24)23-19(20-2)22-12-11-21-18(25)16-7-5-4-6-8-16/h4-8,17H,3,9-15H2,1-2H3,(H,21,25)(H2,20,22,23). The highest BCUT2D eigenvalue weighted by molar-refractivity contribution is 5.94. The van der Waals surface area contributed by atoms with Gasteiger partial charge in [-0.1, -0.05) is 25.1 Å². The fraction of sp³-hybridized carbons (Fsp3) is 0.579. The van der Waals surface area contributed by atoms with Gasteiger partial charge in [-0.05, 0) is 37.9 Å².